The van der Waals surface area contributed by atoms with E-state index in [1.54, 1.807) is 32.0 Å². The summed E-state index contributed by atoms with van der Waals surface area (Å²) in [6.07, 6.45) is 1.87. The number of hydrogen-bond acceptors (Lipinski definition) is 6. The molecule has 1 aromatic heterocycles. The van der Waals surface area contributed by atoms with Gasteiger partial charge in [0.1, 0.15) is 5.75 Å². The maximum Gasteiger partial charge on any atom is 0.264 e. The highest BCUT2D eigenvalue weighted by atomic mass is 79.9. The third kappa shape index (κ3) is 6.75. The maximum absolute atomic E-state index is 12.8. The molecule has 2 aromatic carbocycles. The highest BCUT2D eigenvalue weighted by Crippen LogP contribution is 2.25. The molecule has 1 heterocycles. The van der Waals surface area contributed by atoms with Crippen LogP contribution in [-0.4, -0.2) is 30.9 Å². The Hall–Kier alpha value is -2.98. The lowest BCUT2D eigenvalue weighted by atomic mass is 10.2. The number of anilines is 2. The van der Waals surface area contributed by atoms with E-state index in [1.165, 1.54) is 24.3 Å². The van der Waals surface area contributed by atoms with Gasteiger partial charge in [-0.05, 0) is 68.8 Å². The molecule has 0 spiro atoms. The van der Waals surface area contributed by atoms with Crippen LogP contribution in [0.2, 0.25) is 0 Å². The summed E-state index contributed by atoms with van der Waals surface area (Å²) in [6.45, 7) is 6.10. The molecule has 0 saturated heterocycles. The maximum atomic E-state index is 12.8. The van der Waals surface area contributed by atoms with Gasteiger partial charge in [0.25, 0.3) is 15.9 Å². The number of halogens is 1. The lowest BCUT2D eigenvalue weighted by molar-refractivity contribution is 0.102. The Bertz CT molecular complexity index is 1230. The number of sulfonamides is 1. The summed E-state index contributed by atoms with van der Waals surface area (Å²) in [6, 6.07) is 12.8. The van der Waals surface area contributed by atoms with Crippen molar-refractivity contribution in [2.24, 2.45) is 0 Å². The van der Waals surface area contributed by atoms with Crippen molar-refractivity contribution in [1.29, 1.82) is 0 Å². The number of hydrogen-bond donors (Lipinski definition) is 2. The van der Waals surface area contributed by atoms with E-state index in [9.17, 15) is 13.2 Å². The first-order valence-corrected chi connectivity index (χ1v) is 12.6. The molecule has 8 nitrogen and oxygen atoms in total. The van der Waals surface area contributed by atoms with Crippen LogP contribution in [0.15, 0.2) is 57.9 Å². The third-order valence-electron chi connectivity index (χ3n) is 4.57. The summed E-state index contributed by atoms with van der Waals surface area (Å²) in [4.78, 5) is 21.1. The molecule has 3 aromatic rings. The summed E-state index contributed by atoms with van der Waals surface area (Å²) in [7, 11) is -3.88. The fourth-order valence-corrected chi connectivity index (χ4v) is 4.30. The van der Waals surface area contributed by atoms with E-state index in [1.807, 2.05) is 6.07 Å². The number of amides is 1. The topological polar surface area (TPSA) is 110 Å². The van der Waals surface area contributed by atoms with E-state index in [0.29, 0.717) is 35.0 Å². The number of unbranched alkanes of at least 4 members (excludes halogenated alkanes) is 1. The monoisotopic (exact) mass is 532 g/mol. The number of carbonyl (C=O) groups is 1. The molecule has 0 unspecified atom stereocenters. The van der Waals surface area contributed by atoms with Gasteiger partial charge in [-0.15, -0.1) is 0 Å². The van der Waals surface area contributed by atoms with Gasteiger partial charge in [0.2, 0.25) is 5.95 Å². The quantitative estimate of drug-likeness (QED) is 0.371. The van der Waals surface area contributed by atoms with Crippen molar-refractivity contribution in [2.75, 3.05) is 16.6 Å². The second kappa shape index (κ2) is 10.8. The van der Waals surface area contributed by atoms with Gasteiger partial charge in [-0.25, -0.2) is 23.1 Å². The minimum Gasteiger partial charge on any atom is -0.493 e. The fraction of sp³-hybridized carbons (Fsp3) is 0.261. The van der Waals surface area contributed by atoms with Gasteiger partial charge in [0, 0.05) is 21.5 Å². The Morgan fingerprint density at radius 1 is 1.03 bits per heavy atom. The van der Waals surface area contributed by atoms with Gasteiger partial charge in [0.05, 0.1) is 17.1 Å². The lowest BCUT2D eigenvalue weighted by Gasteiger charge is -2.13. The first kappa shape index (κ1) is 24.7. The fourth-order valence-electron chi connectivity index (χ4n) is 3.00. The van der Waals surface area contributed by atoms with E-state index < -0.39 is 10.0 Å². The molecule has 0 aliphatic heterocycles. The standard InChI is InChI=1S/C23H25BrN4O4S/c1-4-5-12-32-21-11-6-17(24)14-20(21)22(29)27-18-7-9-19(10-8-18)33(30,31)28-23-25-15(2)13-16(3)26-23/h6-11,13-14H,4-5,12H2,1-3H3,(H,27,29)(H,25,26,28). The molecule has 0 atom stereocenters. The molecular formula is C23H25BrN4O4S. The Balaban J connectivity index is 1.74. The first-order valence-electron chi connectivity index (χ1n) is 10.4. The van der Waals surface area contributed by atoms with E-state index in [0.717, 1.165) is 17.3 Å². The van der Waals surface area contributed by atoms with Gasteiger partial charge in [-0.3, -0.25) is 4.79 Å². The minimum absolute atomic E-state index is 0.00939. The van der Waals surface area contributed by atoms with Crippen LogP contribution >= 0.6 is 15.9 Å². The number of aryl methyl sites for hydroxylation is 2. The average molecular weight is 533 g/mol. The summed E-state index contributed by atoms with van der Waals surface area (Å²) in [5.41, 5.74) is 2.14. The molecule has 3 rings (SSSR count). The van der Waals surface area contributed by atoms with E-state index in [-0.39, 0.29) is 16.8 Å². The molecule has 0 saturated carbocycles. The number of ether oxygens (including phenoxy) is 1. The van der Waals surface area contributed by atoms with Crippen LogP contribution in [0.25, 0.3) is 0 Å². The number of nitrogens with zero attached hydrogens (tertiary/aromatic N) is 2. The Labute approximate surface area is 202 Å². The Morgan fingerprint density at radius 3 is 2.33 bits per heavy atom. The predicted octanol–water partition coefficient (Wildman–Crippen LogP) is 5.09. The van der Waals surface area contributed by atoms with E-state index in [2.05, 4.69) is 42.9 Å². The van der Waals surface area contributed by atoms with Gasteiger partial charge < -0.3 is 10.1 Å². The number of benzene rings is 2. The Morgan fingerprint density at radius 2 is 1.70 bits per heavy atom. The van der Waals surface area contributed by atoms with Crippen LogP contribution < -0.4 is 14.8 Å². The average Bonchev–Trinajstić information content (AvgIpc) is 2.74. The van der Waals surface area contributed by atoms with Crippen molar-refractivity contribution in [3.05, 3.63) is 70.0 Å². The third-order valence-corrected chi connectivity index (χ3v) is 6.41. The van der Waals surface area contributed by atoms with Crippen molar-refractivity contribution < 1.29 is 17.9 Å². The SMILES string of the molecule is CCCCOc1ccc(Br)cc1C(=O)Nc1ccc(S(=O)(=O)Nc2nc(C)cc(C)n2)cc1. The largest absolute Gasteiger partial charge is 0.493 e. The van der Waals surface area contributed by atoms with Crippen molar-refractivity contribution in [1.82, 2.24) is 9.97 Å². The molecule has 0 aliphatic carbocycles. The normalized spacial score (nSPS) is 11.2. The van der Waals surface area contributed by atoms with Crippen LogP contribution in [0.4, 0.5) is 11.6 Å². The van der Waals surface area contributed by atoms with Crippen molar-refractivity contribution in [3.63, 3.8) is 0 Å². The molecule has 0 aliphatic rings. The number of aromatic nitrogens is 2. The number of carbonyl (C=O) groups excluding carboxylic acids is 1. The number of nitrogens with one attached hydrogen (secondary N) is 2. The van der Waals surface area contributed by atoms with Crippen molar-refractivity contribution >= 4 is 43.5 Å². The predicted molar refractivity (Wildman–Crippen MR) is 131 cm³/mol. The van der Waals surface area contributed by atoms with Crippen LogP contribution in [0.5, 0.6) is 5.75 Å². The number of rotatable bonds is 9. The molecule has 10 heteroatoms. The van der Waals surface area contributed by atoms with Gasteiger partial charge in [-0.1, -0.05) is 29.3 Å². The van der Waals surface area contributed by atoms with Crippen molar-refractivity contribution in [2.45, 2.75) is 38.5 Å². The highest BCUT2D eigenvalue weighted by Gasteiger charge is 2.18. The first-order chi connectivity index (χ1) is 15.7. The Kier molecular flexibility index (Phi) is 8.04. The molecular weight excluding hydrogens is 508 g/mol. The summed E-state index contributed by atoms with van der Waals surface area (Å²) in [5.74, 6) is 0.135. The highest BCUT2D eigenvalue weighted by molar-refractivity contribution is 9.10. The molecule has 0 radical (unpaired) electrons. The van der Waals surface area contributed by atoms with E-state index in [4.69, 9.17) is 4.74 Å². The van der Waals surface area contributed by atoms with Crippen molar-refractivity contribution in [3.8, 4) is 5.75 Å². The van der Waals surface area contributed by atoms with Gasteiger partial charge in [0.15, 0.2) is 0 Å². The van der Waals surface area contributed by atoms with Crippen LogP contribution in [0, 0.1) is 13.8 Å². The second-order valence-electron chi connectivity index (χ2n) is 7.40. The van der Waals surface area contributed by atoms with Crippen LogP contribution in [0.3, 0.4) is 0 Å². The molecule has 33 heavy (non-hydrogen) atoms. The smallest absolute Gasteiger partial charge is 0.264 e. The molecule has 0 fully saturated rings. The molecule has 1 amide bonds. The zero-order valence-corrected chi connectivity index (χ0v) is 21.0. The zero-order chi connectivity index (χ0) is 24.0. The van der Waals surface area contributed by atoms with Crippen LogP contribution in [0.1, 0.15) is 41.5 Å². The van der Waals surface area contributed by atoms with Gasteiger partial charge >= 0.3 is 0 Å². The van der Waals surface area contributed by atoms with E-state index >= 15 is 0 Å². The molecule has 2 N–H and O–H groups in total. The zero-order valence-electron chi connectivity index (χ0n) is 18.6. The summed E-state index contributed by atoms with van der Waals surface area (Å²) >= 11 is 3.38. The summed E-state index contributed by atoms with van der Waals surface area (Å²) in [5, 5.41) is 2.78. The lowest BCUT2D eigenvalue weighted by Crippen LogP contribution is -2.16. The molecule has 174 valence electrons. The molecule has 0 bridgehead atoms. The summed E-state index contributed by atoms with van der Waals surface area (Å²) < 4.78 is 34.2. The van der Waals surface area contributed by atoms with Gasteiger partial charge in [-0.2, -0.15) is 0 Å². The van der Waals surface area contributed by atoms with Crippen LogP contribution in [-0.2, 0) is 10.0 Å². The minimum atomic E-state index is -3.88. The second-order valence-corrected chi connectivity index (χ2v) is 10.00.